The fourth-order valence-corrected chi connectivity index (χ4v) is 2.86. The van der Waals surface area contributed by atoms with Gasteiger partial charge in [0.1, 0.15) is 0 Å². The summed E-state index contributed by atoms with van der Waals surface area (Å²) < 4.78 is 0. The average molecular weight is 335 g/mol. The summed E-state index contributed by atoms with van der Waals surface area (Å²) in [7, 11) is 0. The first-order chi connectivity index (χ1) is 11.7. The maximum atomic E-state index is 12.2. The Kier molecular flexibility index (Phi) is 11.3. The van der Waals surface area contributed by atoms with E-state index in [4.69, 9.17) is 5.11 Å². The SMILES string of the molecule is CCCCCC(O)/C=C/C1CCCC(=O)N1CC#CCCCCO. The van der Waals surface area contributed by atoms with Crippen molar-refractivity contribution in [1.82, 2.24) is 4.90 Å². The van der Waals surface area contributed by atoms with Crippen LogP contribution in [0.1, 0.15) is 71.1 Å². The van der Waals surface area contributed by atoms with Gasteiger partial charge in [0.2, 0.25) is 5.91 Å². The molecule has 0 bridgehead atoms. The van der Waals surface area contributed by atoms with E-state index < -0.39 is 6.10 Å². The Balaban J connectivity index is 2.48. The molecule has 1 fully saturated rings. The molecule has 1 heterocycles. The summed E-state index contributed by atoms with van der Waals surface area (Å²) in [5.41, 5.74) is 0. The molecule has 1 rings (SSSR count). The third-order valence-electron chi connectivity index (χ3n) is 4.35. The molecule has 1 aliphatic heterocycles. The maximum absolute atomic E-state index is 12.2. The number of nitrogens with zero attached hydrogens (tertiary/aromatic N) is 1. The molecule has 0 aromatic rings. The highest BCUT2D eigenvalue weighted by molar-refractivity contribution is 5.77. The summed E-state index contributed by atoms with van der Waals surface area (Å²) in [6.45, 7) is 2.82. The van der Waals surface area contributed by atoms with E-state index in [1.54, 1.807) is 0 Å². The Labute approximate surface area is 146 Å². The Bertz CT molecular complexity index is 436. The van der Waals surface area contributed by atoms with Crippen LogP contribution in [0.2, 0.25) is 0 Å². The van der Waals surface area contributed by atoms with Crippen molar-refractivity contribution in [3.8, 4) is 11.8 Å². The number of likely N-dealkylation sites (tertiary alicyclic amines) is 1. The van der Waals surface area contributed by atoms with Crippen LogP contribution in [0.25, 0.3) is 0 Å². The van der Waals surface area contributed by atoms with E-state index in [0.29, 0.717) is 13.0 Å². The lowest BCUT2D eigenvalue weighted by molar-refractivity contribution is -0.134. The number of hydrogen-bond acceptors (Lipinski definition) is 3. The average Bonchev–Trinajstić information content (AvgIpc) is 2.58. The molecular weight excluding hydrogens is 302 g/mol. The van der Waals surface area contributed by atoms with E-state index in [0.717, 1.165) is 57.8 Å². The van der Waals surface area contributed by atoms with Crippen LogP contribution in [0, 0.1) is 11.8 Å². The van der Waals surface area contributed by atoms with Gasteiger partial charge in [0, 0.05) is 19.4 Å². The molecule has 1 amide bonds. The minimum atomic E-state index is -0.417. The van der Waals surface area contributed by atoms with Crippen molar-refractivity contribution in [2.24, 2.45) is 0 Å². The minimum Gasteiger partial charge on any atom is -0.396 e. The van der Waals surface area contributed by atoms with Crippen molar-refractivity contribution in [3.63, 3.8) is 0 Å². The van der Waals surface area contributed by atoms with Crippen LogP contribution in [-0.4, -0.2) is 46.3 Å². The van der Waals surface area contributed by atoms with Crippen LogP contribution in [0.4, 0.5) is 0 Å². The largest absolute Gasteiger partial charge is 0.396 e. The van der Waals surface area contributed by atoms with Crippen molar-refractivity contribution in [2.45, 2.75) is 83.3 Å². The number of piperidine rings is 1. The topological polar surface area (TPSA) is 60.8 Å². The molecule has 1 saturated heterocycles. The quantitative estimate of drug-likeness (QED) is 0.366. The first kappa shape index (κ1) is 20.7. The van der Waals surface area contributed by atoms with Gasteiger partial charge in [-0.1, -0.05) is 44.3 Å². The smallest absolute Gasteiger partial charge is 0.223 e. The fourth-order valence-electron chi connectivity index (χ4n) is 2.86. The van der Waals surface area contributed by atoms with Gasteiger partial charge < -0.3 is 15.1 Å². The van der Waals surface area contributed by atoms with Crippen molar-refractivity contribution in [3.05, 3.63) is 12.2 Å². The molecule has 2 N–H and O–H groups in total. The van der Waals surface area contributed by atoms with Crippen LogP contribution >= 0.6 is 0 Å². The van der Waals surface area contributed by atoms with Crippen LogP contribution in [0.5, 0.6) is 0 Å². The van der Waals surface area contributed by atoms with Gasteiger partial charge in [-0.3, -0.25) is 4.79 Å². The van der Waals surface area contributed by atoms with Gasteiger partial charge in [0.25, 0.3) is 0 Å². The van der Waals surface area contributed by atoms with Crippen LogP contribution in [0.3, 0.4) is 0 Å². The van der Waals surface area contributed by atoms with E-state index in [1.807, 2.05) is 17.1 Å². The summed E-state index contributed by atoms with van der Waals surface area (Å²) in [6.07, 6.45) is 12.4. The second kappa shape index (κ2) is 13.0. The number of aliphatic hydroxyl groups is 2. The molecule has 0 saturated carbocycles. The normalized spacial score (nSPS) is 19.4. The Morgan fingerprint density at radius 3 is 2.88 bits per heavy atom. The van der Waals surface area contributed by atoms with Gasteiger partial charge in [-0.25, -0.2) is 0 Å². The summed E-state index contributed by atoms with van der Waals surface area (Å²) in [6, 6.07) is 0.0545. The number of aliphatic hydroxyl groups excluding tert-OH is 2. The molecule has 2 unspecified atom stereocenters. The molecule has 24 heavy (non-hydrogen) atoms. The molecule has 0 spiro atoms. The lowest BCUT2D eigenvalue weighted by atomic mass is 10.00. The van der Waals surface area contributed by atoms with Gasteiger partial charge in [0.15, 0.2) is 0 Å². The molecule has 0 aromatic carbocycles. The van der Waals surface area contributed by atoms with Crippen molar-refractivity contribution < 1.29 is 15.0 Å². The number of amides is 1. The van der Waals surface area contributed by atoms with Gasteiger partial charge in [-0.2, -0.15) is 0 Å². The van der Waals surface area contributed by atoms with Crippen LogP contribution in [0.15, 0.2) is 12.2 Å². The number of carbonyl (C=O) groups excluding carboxylic acids is 1. The van der Waals surface area contributed by atoms with Crippen LogP contribution in [-0.2, 0) is 4.79 Å². The van der Waals surface area contributed by atoms with Gasteiger partial charge in [-0.15, -0.1) is 5.92 Å². The summed E-state index contributed by atoms with van der Waals surface area (Å²) in [4.78, 5) is 14.0. The first-order valence-electron chi connectivity index (χ1n) is 9.41. The zero-order valence-corrected chi connectivity index (χ0v) is 15.0. The lowest BCUT2D eigenvalue weighted by Gasteiger charge is -2.32. The number of carbonyl (C=O) groups is 1. The van der Waals surface area contributed by atoms with Crippen molar-refractivity contribution in [2.75, 3.05) is 13.2 Å². The standard InChI is InChI=1S/C20H33NO3/c1-2-3-7-12-19(23)15-14-18-11-10-13-20(24)21(18)16-8-5-4-6-9-17-22/h14-15,18-19,22-23H,2-4,6-7,9-13,16-17H2,1H3/b15-14+. The third kappa shape index (κ3) is 8.52. The first-order valence-corrected chi connectivity index (χ1v) is 9.41. The molecule has 136 valence electrons. The monoisotopic (exact) mass is 335 g/mol. The van der Waals surface area contributed by atoms with E-state index >= 15 is 0 Å². The second-order valence-electron chi connectivity index (χ2n) is 6.46. The van der Waals surface area contributed by atoms with Crippen molar-refractivity contribution >= 4 is 5.91 Å². The van der Waals surface area contributed by atoms with Gasteiger partial charge >= 0.3 is 0 Å². The van der Waals surface area contributed by atoms with Gasteiger partial charge in [0.05, 0.1) is 18.7 Å². The Morgan fingerprint density at radius 2 is 2.12 bits per heavy atom. The molecule has 0 aliphatic carbocycles. The van der Waals surface area contributed by atoms with E-state index in [-0.39, 0.29) is 18.6 Å². The zero-order chi connectivity index (χ0) is 17.6. The molecule has 0 radical (unpaired) electrons. The Morgan fingerprint density at radius 1 is 1.29 bits per heavy atom. The predicted octanol–water partition coefficient (Wildman–Crippen LogP) is 3.03. The van der Waals surface area contributed by atoms with E-state index in [1.165, 1.54) is 0 Å². The molecule has 4 nitrogen and oxygen atoms in total. The number of unbranched alkanes of at least 4 members (excludes halogenated alkanes) is 4. The van der Waals surface area contributed by atoms with Crippen molar-refractivity contribution in [1.29, 1.82) is 0 Å². The van der Waals surface area contributed by atoms with E-state index in [2.05, 4.69) is 18.8 Å². The molecule has 4 heteroatoms. The highest BCUT2D eigenvalue weighted by atomic mass is 16.3. The van der Waals surface area contributed by atoms with Crippen LogP contribution < -0.4 is 0 Å². The number of hydrogen-bond donors (Lipinski definition) is 2. The molecule has 0 aromatic heterocycles. The molecule has 1 aliphatic rings. The highest BCUT2D eigenvalue weighted by Crippen LogP contribution is 2.19. The summed E-state index contributed by atoms with van der Waals surface area (Å²) in [5.74, 6) is 6.31. The second-order valence-corrected chi connectivity index (χ2v) is 6.46. The Hall–Kier alpha value is -1.31. The fraction of sp³-hybridized carbons (Fsp3) is 0.750. The van der Waals surface area contributed by atoms with E-state index in [9.17, 15) is 9.90 Å². The molecule has 2 atom stereocenters. The zero-order valence-electron chi connectivity index (χ0n) is 15.0. The molecular formula is C20H33NO3. The summed E-state index contributed by atoms with van der Waals surface area (Å²) >= 11 is 0. The third-order valence-corrected chi connectivity index (χ3v) is 4.35. The van der Waals surface area contributed by atoms with Gasteiger partial charge in [-0.05, 0) is 32.1 Å². The summed E-state index contributed by atoms with van der Waals surface area (Å²) in [5, 5.41) is 18.8. The minimum absolute atomic E-state index is 0.0545. The highest BCUT2D eigenvalue weighted by Gasteiger charge is 2.25. The number of rotatable bonds is 10. The predicted molar refractivity (Wildman–Crippen MR) is 97.4 cm³/mol. The maximum Gasteiger partial charge on any atom is 0.223 e. The lowest BCUT2D eigenvalue weighted by Crippen LogP contribution is -2.42.